The minimum Gasteiger partial charge on any atom is -0.494 e. The molecule has 2 N–H and O–H groups in total. The van der Waals surface area contributed by atoms with Crippen LogP contribution in [-0.2, 0) is 16.0 Å². The van der Waals surface area contributed by atoms with Crippen molar-refractivity contribution >= 4 is 35.0 Å². The number of hydrogen-bond acceptors (Lipinski definition) is 5. The van der Waals surface area contributed by atoms with E-state index in [1.54, 1.807) is 24.3 Å². The van der Waals surface area contributed by atoms with Gasteiger partial charge in [0.25, 0.3) is 5.91 Å². The summed E-state index contributed by atoms with van der Waals surface area (Å²) >= 11 is 12.8. The SMILES string of the molecule is C=CC[C@@]1(C(=O)NCCCCc2ccccc2)N=C(c2ccc(OCCCO)cc2)O[C@@H]1c1ccc(Cl)cc1Cl. The highest BCUT2D eigenvalue weighted by atomic mass is 35.5. The smallest absolute Gasteiger partial charge is 0.252 e. The zero-order chi connectivity index (χ0) is 28.4. The van der Waals surface area contributed by atoms with Crippen LogP contribution in [0.25, 0.3) is 0 Å². The molecule has 1 heterocycles. The summed E-state index contributed by atoms with van der Waals surface area (Å²) in [6, 6.07) is 22.7. The second-order valence-electron chi connectivity index (χ2n) is 9.65. The third-order valence-electron chi connectivity index (χ3n) is 6.75. The van der Waals surface area contributed by atoms with Crippen molar-refractivity contribution in [2.75, 3.05) is 19.8 Å². The van der Waals surface area contributed by atoms with Gasteiger partial charge in [0, 0.05) is 47.2 Å². The fourth-order valence-corrected chi connectivity index (χ4v) is 5.19. The lowest BCUT2D eigenvalue weighted by Gasteiger charge is -2.30. The summed E-state index contributed by atoms with van der Waals surface area (Å²) in [5, 5.41) is 13.0. The van der Waals surface area contributed by atoms with Crippen molar-refractivity contribution in [3.63, 3.8) is 0 Å². The molecule has 1 aliphatic heterocycles. The van der Waals surface area contributed by atoms with E-state index < -0.39 is 11.6 Å². The third kappa shape index (κ3) is 7.25. The summed E-state index contributed by atoms with van der Waals surface area (Å²) in [7, 11) is 0. The van der Waals surface area contributed by atoms with Gasteiger partial charge in [-0.15, -0.1) is 6.58 Å². The maximum atomic E-state index is 13.9. The Balaban J connectivity index is 1.56. The number of benzene rings is 3. The summed E-state index contributed by atoms with van der Waals surface area (Å²) in [6.45, 7) is 4.90. The van der Waals surface area contributed by atoms with Gasteiger partial charge in [-0.2, -0.15) is 0 Å². The molecular formula is C32H34Cl2N2O4. The number of nitrogens with zero attached hydrogens (tertiary/aromatic N) is 1. The number of aliphatic hydroxyl groups is 1. The van der Waals surface area contributed by atoms with E-state index in [-0.39, 0.29) is 18.9 Å². The van der Waals surface area contributed by atoms with Crippen molar-refractivity contribution in [2.45, 2.75) is 43.7 Å². The standard InChI is InChI=1S/C32H34Cl2N2O4/c1-2-18-32(31(38)35-19-7-6-11-23-9-4-3-5-10-23)29(27-17-14-25(33)22-28(27)34)40-30(36-32)24-12-15-26(16-13-24)39-21-8-20-37/h2-5,9-10,12-17,22,29,37H,1,6-8,11,18-21H2,(H,35,38)/t29-,32-/m1/s1. The molecule has 6 nitrogen and oxygen atoms in total. The van der Waals surface area contributed by atoms with Gasteiger partial charge in [-0.05, 0) is 61.2 Å². The molecule has 0 aliphatic carbocycles. The molecule has 3 aromatic rings. The van der Waals surface area contributed by atoms with E-state index in [1.807, 2.05) is 42.5 Å². The minimum absolute atomic E-state index is 0.0673. The van der Waals surface area contributed by atoms with Crippen LogP contribution in [0.1, 0.15) is 48.5 Å². The van der Waals surface area contributed by atoms with Crippen LogP contribution in [0.5, 0.6) is 5.75 Å². The predicted molar refractivity (Wildman–Crippen MR) is 160 cm³/mol. The molecule has 0 aromatic heterocycles. The molecule has 0 saturated carbocycles. The first-order chi connectivity index (χ1) is 19.5. The van der Waals surface area contributed by atoms with Crippen LogP contribution in [0.2, 0.25) is 10.0 Å². The molecule has 0 bridgehead atoms. The Bertz CT molecular complexity index is 1310. The molecule has 0 spiro atoms. The van der Waals surface area contributed by atoms with Crippen LogP contribution in [0.4, 0.5) is 0 Å². The molecule has 0 unspecified atom stereocenters. The first-order valence-corrected chi connectivity index (χ1v) is 14.2. The summed E-state index contributed by atoms with van der Waals surface area (Å²) in [6.07, 6.45) is 4.41. The van der Waals surface area contributed by atoms with Crippen LogP contribution in [-0.4, -0.2) is 42.2 Å². The van der Waals surface area contributed by atoms with Crippen molar-refractivity contribution < 1.29 is 19.4 Å². The van der Waals surface area contributed by atoms with Gasteiger partial charge >= 0.3 is 0 Å². The summed E-state index contributed by atoms with van der Waals surface area (Å²) in [4.78, 5) is 18.8. The molecule has 210 valence electrons. The normalized spacial score (nSPS) is 18.1. The van der Waals surface area contributed by atoms with Crippen LogP contribution < -0.4 is 10.1 Å². The molecule has 0 radical (unpaired) electrons. The van der Waals surface area contributed by atoms with Crippen LogP contribution in [0, 0.1) is 0 Å². The van der Waals surface area contributed by atoms with E-state index in [2.05, 4.69) is 24.0 Å². The van der Waals surface area contributed by atoms with Crippen LogP contribution >= 0.6 is 23.2 Å². The fourth-order valence-electron chi connectivity index (χ4n) is 4.68. The van der Waals surface area contributed by atoms with Gasteiger partial charge in [0.1, 0.15) is 5.75 Å². The molecule has 8 heteroatoms. The van der Waals surface area contributed by atoms with Crippen molar-refractivity contribution in [3.8, 4) is 5.75 Å². The number of unbranched alkanes of at least 4 members (excludes halogenated alkanes) is 1. The number of hydrogen-bond donors (Lipinski definition) is 2. The Morgan fingerprint density at radius 3 is 2.55 bits per heavy atom. The average molecular weight is 582 g/mol. The summed E-state index contributed by atoms with van der Waals surface area (Å²) in [5.41, 5.74) is 1.29. The average Bonchev–Trinajstić information content (AvgIpc) is 3.34. The third-order valence-corrected chi connectivity index (χ3v) is 7.31. The molecule has 4 rings (SSSR count). The van der Waals surface area contributed by atoms with E-state index in [4.69, 9.17) is 42.8 Å². The second kappa shape index (κ2) is 14.4. The molecule has 0 saturated heterocycles. The molecule has 0 fully saturated rings. The topological polar surface area (TPSA) is 80.2 Å². The Kier molecular flexibility index (Phi) is 10.6. The number of amides is 1. The number of carbonyl (C=O) groups is 1. The molecule has 2 atom stereocenters. The van der Waals surface area contributed by atoms with E-state index in [0.29, 0.717) is 52.4 Å². The maximum absolute atomic E-state index is 13.9. The Morgan fingerprint density at radius 2 is 1.85 bits per heavy atom. The Hall–Kier alpha value is -3.32. The van der Waals surface area contributed by atoms with E-state index in [0.717, 1.165) is 19.3 Å². The van der Waals surface area contributed by atoms with Gasteiger partial charge in [0.2, 0.25) is 5.90 Å². The van der Waals surface area contributed by atoms with E-state index in [1.165, 1.54) is 5.56 Å². The number of nitrogens with one attached hydrogen (secondary N) is 1. The van der Waals surface area contributed by atoms with Crippen LogP contribution in [0.3, 0.4) is 0 Å². The van der Waals surface area contributed by atoms with Gasteiger partial charge in [-0.25, -0.2) is 4.99 Å². The number of aliphatic imine (C=N–C) groups is 1. The van der Waals surface area contributed by atoms with Gasteiger partial charge in [0.05, 0.1) is 6.61 Å². The maximum Gasteiger partial charge on any atom is 0.252 e. The largest absolute Gasteiger partial charge is 0.494 e. The predicted octanol–water partition coefficient (Wildman–Crippen LogP) is 6.73. The Labute approximate surface area is 245 Å². The van der Waals surface area contributed by atoms with Gasteiger partial charge in [-0.3, -0.25) is 4.79 Å². The second-order valence-corrected chi connectivity index (χ2v) is 10.5. The molecule has 40 heavy (non-hydrogen) atoms. The molecule has 1 amide bonds. The van der Waals surface area contributed by atoms with Gasteiger partial charge in [-0.1, -0.05) is 65.7 Å². The summed E-state index contributed by atoms with van der Waals surface area (Å²) in [5.74, 6) is 0.750. The number of ether oxygens (including phenoxy) is 2. The lowest BCUT2D eigenvalue weighted by atomic mass is 9.84. The van der Waals surface area contributed by atoms with Crippen molar-refractivity contribution in [3.05, 3.63) is 112 Å². The number of aliphatic hydroxyl groups excluding tert-OH is 1. The number of rotatable bonds is 14. The highest BCUT2D eigenvalue weighted by molar-refractivity contribution is 6.35. The molecular weight excluding hydrogens is 547 g/mol. The lowest BCUT2D eigenvalue weighted by molar-refractivity contribution is -0.128. The zero-order valence-electron chi connectivity index (χ0n) is 22.3. The number of halogens is 2. The highest BCUT2D eigenvalue weighted by Crippen LogP contribution is 2.45. The van der Waals surface area contributed by atoms with Gasteiger partial charge < -0.3 is 19.9 Å². The minimum atomic E-state index is -1.30. The summed E-state index contributed by atoms with van der Waals surface area (Å²) < 4.78 is 12.1. The van der Waals surface area contributed by atoms with Crippen LogP contribution in [0.15, 0.2) is 90.4 Å². The highest BCUT2D eigenvalue weighted by Gasteiger charge is 2.53. The van der Waals surface area contributed by atoms with E-state index in [9.17, 15) is 4.79 Å². The zero-order valence-corrected chi connectivity index (χ0v) is 23.8. The first kappa shape index (κ1) is 29.7. The first-order valence-electron chi connectivity index (χ1n) is 13.5. The quantitative estimate of drug-likeness (QED) is 0.164. The van der Waals surface area contributed by atoms with Crippen molar-refractivity contribution in [1.82, 2.24) is 5.32 Å². The molecule has 3 aromatic carbocycles. The lowest BCUT2D eigenvalue weighted by Crippen LogP contribution is -2.48. The van der Waals surface area contributed by atoms with Crippen molar-refractivity contribution in [1.29, 1.82) is 0 Å². The molecule has 1 aliphatic rings. The van der Waals surface area contributed by atoms with E-state index >= 15 is 0 Å². The fraction of sp³-hybridized carbons (Fsp3) is 0.312. The Morgan fingerprint density at radius 1 is 1.07 bits per heavy atom. The monoisotopic (exact) mass is 580 g/mol. The van der Waals surface area contributed by atoms with Crippen molar-refractivity contribution in [2.24, 2.45) is 4.99 Å². The number of aryl methyl sites for hydroxylation is 1. The van der Waals surface area contributed by atoms with Gasteiger partial charge in [0.15, 0.2) is 11.6 Å². The number of carbonyl (C=O) groups excluding carboxylic acids is 1.